The summed E-state index contributed by atoms with van der Waals surface area (Å²) in [5.74, 6) is -0.260. The van der Waals surface area contributed by atoms with Crippen LogP contribution in [0.4, 0.5) is 0 Å². The zero-order valence-corrected chi connectivity index (χ0v) is 21.5. The van der Waals surface area contributed by atoms with E-state index >= 15 is 0 Å². The monoisotopic (exact) mass is 523 g/mol. The van der Waals surface area contributed by atoms with Gasteiger partial charge in [-0.05, 0) is 56.4 Å². The molecule has 2 aromatic carbocycles. The molecule has 0 spiro atoms. The molecule has 1 saturated carbocycles. The van der Waals surface area contributed by atoms with Crippen molar-refractivity contribution >= 4 is 45.8 Å². The molecule has 1 amide bonds. The lowest BCUT2D eigenvalue weighted by molar-refractivity contribution is 0.0691. The number of halogens is 1. The average Bonchev–Trinajstić information content (AvgIpc) is 3.20. The summed E-state index contributed by atoms with van der Waals surface area (Å²) in [6.45, 7) is 4.57. The number of nitrogens with two attached hydrogens (primary N) is 1. The fourth-order valence-corrected chi connectivity index (χ4v) is 6.09. The predicted octanol–water partition coefficient (Wildman–Crippen LogP) is 5.77. The fourth-order valence-electron chi connectivity index (χ4n) is 4.98. The van der Waals surface area contributed by atoms with Crippen LogP contribution in [0.2, 0.25) is 5.02 Å². The first-order valence-corrected chi connectivity index (χ1v) is 12.9. The number of furan rings is 1. The third kappa shape index (κ3) is 4.52. The van der Waals surface area contributed by atoms with E-state index in [9.17, 15) is 9.59 Å². The van der Waals surface area contributed by atoms with Crippen molar-refractivity contribution in [3.8, 4) is 10.4 Å². The van der Waals surface area contributed by atoms with E-state index in [0.29, 0.717) is 40.2 Å². The van der Waals surface area contributed by atoms with E-state index in [1.165, 1.54) is 24.0 Å². The molecule has 3 atom stereocenters. The number of aromatic carboxylic acids is 1. The van der Waals surface area contributed by atoms with Crippen LogP contribution in [0.15, 0.2) is 53.1 Å². The number of carbonyl (C=O) groups is 2. The maximum absolute atomic E-state index is 13.2. The smallest absolute Gasteiger partial charge is 0.336 e. The minimum Gasteiger partial charge on any atom is -0.478 e. The summed E-state index contributed by atoms with van der Waals surface area (Å²) in [6.07, 6.45) is 3.60. The molecule has 2 fully saturated rings. The summed E-state index contributed by atoms with van der Waals surface area (Å²) in [5.41, 5.74) is 9.38. The number of carboxylic acids is 1. The lowest BCUT2D eigenvalue weighted by Crippen LogP contribution is -2.42. The van der Waals surface area contributed by atoms with Gasteiger partial charge in [-0.3, -0.25) is 4.79 Å². The number of aromatic nitrogens is 1. The first-order valence-electron chi connectivity index (χ1n) is 11.7. The Morgan fingerprint density at radius 3 is 2.75 bits per heavy atom. The lowest BCUT2D eigenvalue weighted by Gasteiger charge is -2.26. The van der Waals surface area contributed by atoms with E-state index in [1.807, 2.05) is 17.9 Å². The van der Waals surface area contributed by atoms with Gasteiger partial charge in [0, 0.05) is 24.0 Å². The molecule has 9 heteroatoms. The number of amides is 1. The van der Waals surface area contributed by atoms with Crippen molar-refractivity contribution in [3.63, 3.8) is 0 Å². The Morgan fingerprint density at radius 1 is 1.22 bits per heavy atom. The van der Waals surface area contributed by atoms with E-state index in [2.05, 4.69) is 30.1 Å². The van der Waals surface area contributed by atoms with Crippen molar-refractivity contribution in [3.05, 3.63) is 75.6 Å². The number of thiazole rings is 1. The highest BCUT2D eigenvalue weighted by Gasteiger charge is 2.54. The highest BCUT2D eigenvalue weighted by molar-refractivity contribution is 7.15. The van der Waals surface area contributed by atoms with Gasteiger partial charge in [-0.25, -0.2) is 9.78 Å². The highest BCUT2D eigenvalue weighted by atomic mass is 35.5. The van der Waals surface area contributed by atoms with Gasteiger partial charge in [0.05, 0.1) is 26.7 Å². The fraction of sp³-hybridized carbons (Fsp3) is 0.296. The quantitative estimate of drug-likeness (QED) is 0.351. The maximum Gasteiger partial charge on any atom is 0.336 e. The minimum absolute atomic E-state index is 0.0614. The number of aryl methyl sites for hydroxylation is 2. The molecule has 186 valence electrons. The molecule has 1 aliphatic carbocycles. The van der Waals surface area contributed by atoms with Crippen molar-refractivity contribution in [2.75, 3.05) is 6.54 Å². The molecular weight excluding hydrogens is 498 g/mol. The van der Waals surface area contributed by atoms with Crippen LogP contribution in [-0.2, 0) is 0 Å². The number of rotatable bonds is 4. The molecule has 2 aromatic heterocycles. The molecule has 0 bridgehead atoms. The Morgan fingerprint density at radius 2 is 2.03 bits per heavy atom. The minimum atomic E-state index is -0.983. The van der Waals surface area contributed by atoms with Crippen LogP contribution in [0.5, 0.6) is 0 Å². The third-order valence-electron chi connectivity index (χ3n) is 6.73. The Hall–Kier alpha value is -3.20. The van der Waals surface area contributed by atoms with Gasteiger partial charge in [-0.1, -0.05) is 41.4 Å². The van der Waals surface area contributed by atoms with Gasteiger partial charge in [-0.15, -0.1) is 11.3 Å². The molecule has 4 aromatic rings. The van der Waals surface area contributed by atoms with Crippen molar-refractivity contribution in [2.45, 2.75) is 38.8 Å². The topological polar surface area (TPSA) is 110 Å². The van der Waals surface area contributed by atoms with Crippen LogP contribution >= 0.6 is 22.9 Å². The van der Waals surface area contributed by atoms with E-state index in [0.717, 1.165) is 28.3 Å². The second-order valence-electron chi connectivity index (χ2n) is 9.24. The van der Waals surface area contributed by atoms with Crippen molar-refractivity contribution < 1.29 is 19.1 Å². The number of hydrogen-bond donors (Lipinski definition) is 2. The second kappa shape index (κ2) is 9.69. The molecule has 3 N–H and O–H groups in total. The first kappa shape index (κ1) is 24.5. The summed E-state index contributed by atoms with van der Waals surface area (Å²) in [7, 11) is 0. The standard InChI is InChI=1S/C18H21N3OS.C9H5ClO3/c1-10-4-3-5-12(6-10)17-16(20-11(2)23-17)18(22)21-14(9-19)7-13-8-15(13)21;10-7-2-1-6(9(11)12)5-3-4-13-8(5)7/h3-6,13-15H,7-9,19H2,1-2H3;1-4H,(H,11,12)/t13-,14+,15+;/m1./s1. The third-order valence-corrected chi connectivity index (χ3v) is 8.05. The molecule has 2 aliphatic rings. The molecule has 7 nitrogen and oxygen atoms in total. The summed E-state index contributed by atoms with van der Waals surface area (Å²) in [5, 5.41) is 10.7. The van der Waals surface area contributed by atoms with Gasteiger partial charge in [0.15, 0.2) is 5.58 Å². The molecule has 0 unspecified atom stereocenters. The largest absolute Gasteiger partial charge is 0.478 e. The van der Waals surface area contributed by atoms with Crippen LogP contribution in [0, 0.1) is 19.8 Å². The van der Waals surface area contributed by atoms with Gasteiger partial charge in [0.1, 0.15) is 5.69 Å². The van der Waals surface area contributed by atoms with Crippen molar-refractivity contribution in [1.29, 1.82) is 0 Å². The summed E-state index contributed by atoms with van der Waals surface area (Å²) in [6, 6.07) is 13.4. The van der Waals surface area contributed by atoms with E-state index in [-0.39, 0.29) is 17.5 Å². The number of benzene rings is 2. The van der Waals surface area contributed by atoms with E-state index in [4.69, 9.17) is 26.9 Å². The zero-order valence-electron chi connectivity index (χ0n) is 19.9. The van der Waals surface area contributed by atoms with Crippen LogP contribution in [0.25, 0.3) is 21.4 Å². The van der Waals surface area contributed by atoms with E-state index in [1.54, 1.807) is 17.4 Å². The number of piperidine rings is 1. The zero-order chi connectivity index (χ0) is 25.6. The van der Waals surface area contributed by atoms with Gasteiger partial charge >= 0.3 is 5.97 Å². The van der Waals surface area contributed by atoms with Gasteiger partial charge < -0.3 is 20.2 Å². The molecule has 3 heterocycles. The Bertz CT molecular complexity index is 1460. The molecule has 36 heavy (non-hydrogen) atoms. The predicted molar refractivity (Wildman–Crippen MR) is 141 cm³/mol. The molecular formula is C27H26ClN3O4S. The second-order valence-corrected chi connectivity index (χ2v) is 10.9. The van der Waals surface area contributed by atoms with Gasteiger partial charge in [0.2, 0.25) is 0 Å². The molecule has 0 radical (unpaired) electrons. The molecule has 1 saturated heterocycles. The number of fused-ring (bicyclic) bond motifs is 2. The van der Waals surface area contributed by atoms with E-state index < -0.39 is 5.97 Å². The van der Waals surface area contributed by atoms with Crippen molar-refractivity contribution in [1.82, 2.24) is 9.88 Å². The Kier molecular flexibility index (Phi) is 6.59. The van der Waals surface area contributed by atoms with Crippen molar-refractivity contribution in [2.24, 2.45) is 11.7 Å². The SMILES string of the molecule is Cc1cccc(-c2sc(C)nc2C(=O)N2[C@H](CN)C[C@@H]3C[C@@H]32)c1.O=C(O)c1ccc(Cl)c2occc12. The molecule has 1 aliphatic heterocycles. The van der Waals surface area contributed by atoms with Crippen LogP contribution < -0.4 is 5.73 Å². The number of carboxylic acid groups (broad SMARTS) is 1. The van der Waals surface area contributed by atoms with Gasteiger partial charge in [-0.2, -0.15) is 0 Å². The van der Waals surface area contributed by atoms with Crippen LogP contribution in [0.1, 0.15) is 44.3 Å². The lowest BCUT2D eigenvalue weighted by atomic mass is 10.1. The Labute approximate surface area is 217 Å². The van der Waals surface area contributed by atoms with Gasteiger partial charge in [0.25, 0.3) is 5.91 Å². The number of likely N-dealkylation sites (tertiary alicyclic amines) is 1. The number of hydrogen-bond acceptors (Lipinski definition) is 6. The summed E-state index contributed by atoms with van der Waals surface area (Å²) < 4.78 is 5.04. The Balaban J connectivity index is 0.000000174. The first-order chi connectivity index (χ1) is 17.3. The number of carbonyl (C=O) groups excluding carboxylic acids is 1. The number of nitrogens with zero attached hydrogens (tertiary/aromatic N) is 2. The normalized spacial score (nSPS) is 20.1. The van der Waals surface area contributed by atoms with Crippen LogP contribution in [0.3, 0.4) is 0 Å². The summed E-state index contributed by atoms with van der Waals surface area (Å²) in [4.78, 5) is 31.5. The maximum atomic E-state index is 13.2. The highest BCUT2D eigenvalue weighted by Crippen LogP contribution is 2.48. The summed E-state index contributed by atoms with van der Waals surface area (Å²) >= 11 is 7.39. The average molecular weight is 524 g/mol. The molecule has 6 rings (SSSR count). The van der Waals surface area contributed by atoms with Crippen LogP contribution in [-0.4, -0.2) is 45.5 Å².